The number of carboxylic acids is 1. The molecule has 0 radical (unpaired) electrons. The number of hydrogen-bond acceptors (Lipinski definition) is 6. The number of carbonyl (C=O) groups is 3. The van der Waals surface area contributed by atoms with Crippen molar-refractivity contribution in [3.05, 3.63) is 80.5 Å². The Morgan fingerprint density at radius 2 is 1.70 bits per heavy atom. The van der Waals surface area contributed by atoms with E-state index in [1.54, 1.807) is 20.0 Å². The summed E-state index contributed by atoms with van der Waals surface area (Å²) in [6.45, 7) is 5.39. The third-order valence-corrected chi connectivity index (χ3v) is 8.84. The minimum Gasteiger partial charge on any atom is -0.480 e. The predicted molar refractivity (Wildman–Crippen MR) is 166 cm³/mol. The summed E-state index contributed by atoms with van der Waals surface area (Å²) in [6.07, 6.45) is 5.74. The van der Waals surface area contributed by atoms with Gasteiger partial charge in [-0.2, -0.15) is 0 Å². The molecule has 44 heavy (non-hydrogen) atoms. The van der Waals surface area contributed by atoms with E-state index in [0.29, 0.717) is 11.1 Å². The third-order valence-electron chi connectivity index (χ3n) is 8.84. The molecule has 4 N–H and O–H groups in total. The number of amides is 2. The van der Waals surface area contributed by atoms with Crippen molar-refractivity contribution in [3.8, 4) is 0 Å². The summed E-state index contributed by atoms with van der Waals surface area (Å²) in [5.41, 5.74) is 4.99. The third kappa shape index (κ3) is 5.25. The van der Waals surface area contributed by atoms with E-state index < -0.39 is 35.5 Å². The zero-order chi connectivity index (χ0) is 31.1. The summed E-state index contributed by atoms with van der Waals surface area (Å²) in [5, 5.41) is 17.7. The Labute approximate surface area is 252 Å². The Morgan fingerprint density at radius 1 is 0.955 bits per heavy atom. The Kier molecular flexibility index (Phi) is 7.75. The Bertz CT molecular complexity index is 2000. The maximum absolute atomic E-state index is 13.2. The van der Waals surface area contributed by atoms with Crippen LogP contribution in [-0.4, -0.2) is 40.0 Å². The van der Waals surface area contributed by atoms with Crippen molar-refractivity contribution in [3.63, 3.8) is 0 Å². The van der Waals surface area contributed by atoms with Crippen LogP contribution in [0.3, 0.4) is 0 Å². The van der Waals surface area contributed by atoms with Gasteiger partial charge in [-0.05, 0) is 62.8 Å². The molecule has 0 bridgehead atoms. The molecule has 6 rings (SSSR count). The van der Waals surface area contributed by atoms with Gasteiger partial charge in [-0.15, -0.1) is 0 Å². The number of fused-ring (bicyclic) bond motifs is 5. The van der Waals surface area contributed by atoms with Crippen molar-refractivity contribution in [2.45, 2.75) is 77.8 Å². The number of aryl methyl sites for hydroxylation is 4. The van der Waals surface area contributed by atoms with Crippen molar-refractivity contribution in [2.75, 3.05) is 0 Å². The Balaban J connectivity index is 1.20. The standard InChI is InChI=1S/C34H35N3O7/c1-4-25(32(39)37-27(33(40)41)13-19-16-35-26-11-7-5-9-20(19)26)36-29(38)15-23-17(2)22-14-24-21-10-6-8-12-28(21)43-31(24)18(3)30(22)44-34(23)42/h5,7,9,11,14,16,25,27,35H,4,6,8,10,12-13,15H2,1-3H3,(H,36,38)(H,37,39)(H,40,41)/t25?,27-/m0/s1. The molecule has 0 saturated heterocycles. The number of furan rings is 1. The first-order valence-electron chi connectivity index (χ1n) is 15.0. The zero-order valence-corrected chi connectivity index (χ0v) is 25.0. The van der Waals surface area contributed by atoms with Gasteiger partial charge in [0.05, 0.1) is 12.0 Å². The number of hydrogen-bond donors (Lipinski definition) is 4. The molecular formula is C34H35N3O7. The van der Waals surface area contributed by atoms with E-state index in [4.69, 9.17) is 8.83 Å². The number of nitrogens with one attached hydrogen (secondary N) is 3. The van der Waals surface area contributed by atoms with Crippen molar-refractivity contribution in [2.24, 2.45) is 0 Å². The van der Waals surface area contributed by atoms with E-state index in [9.17, 15) is 24.3 Å². The molecule has 10 heteroatoms. The molecule has 228 valence electrons. The number of aliphatic carboxylic acids is 1. The highest BCUT2D eigenvalue weighted by atomic mass is 16.4. The maximum atomic E-state index is 13.2. The molecule has 0 aliphatic heterocycles. The van der Waals surface area contributed by atoms with Gasteiger partial charge in [0.25, 0.3) is 0 Å². The van der Waals surface area contributed by atoms with E-state index in [0.717, 1.165) is 69.8 Å². The summed E-state index contributed by atoms with van der Waals surface area (Å²) in [4.78, 5) is 54.6. The fraction of sp³-hybridized carbons (Fsp3) is 0.353. The van der Waals surface area contributed by atoms with E-state index >= 15 is 0 Å². The lowest BCUT2D eigenvalue weighted by atomic mass is 9.93. The fourth-order valence-corrected chi connectivity index (χ4v) is 6.37. The molecule has 2 atom stereocenters. The summed E-state index contributed by atoms with van der Waals surface area (Å²) in [7, 11) is 0. The number of aromatic nitrogens is 1. The number of benzene rings is 2. The summed E-state index contributed by atoms with van der Waals surface area (Å²) >= 11 is 0. The molecule has 3 aromatic heterocycles. The van der Waals surface area contributed by atoms with Crippen molar-refractivity contribution in [1.29, 1.82) is 0 Å². The van der Waals surface area contributed by atoms with Crippen LogP contribution in [0.15, 0.2) is 50.2 Å². The molecule has 5 aromatic rings. The van der Waals surface area contributed by atoms with E-state index in [-0.39, 0.29) is 24.8 Å². The Hall–Kier alpha value is -4.86. The molecule has 2 aromatic carbocycles. The average molecular weight is 598 g/mol. The highest BCUT2D eigenvalue weighted by Gasteiger charge is 2.28. The number of rotatable bonds is 9. The van der Waals surface area contributed by atoms with E-state index in [2.05, 4.69) is 15.6 Å². The van der Waals surface area contributed by atoms with Crippen LogP contribution in [0.2, 0.25) is 0 Å². The van der Waals surface area contributed by atoms with Gasteiger partial charge in [-0.25, -0.2) is 9.59 Å². The quantitative estimate of drug-likeness (QED) is 0.179. The number of para-hydroxylation sites is 1. The van der Waals surface area contributed by atoms with Gasteiger partial charge >= 0.3 is 11.6 Å². The largest absolute Gasteiger partial charge is 0.480 e. The lowest BCUT2D eigenvalue weighted by Gasteiger charge is -2.20. The molecule has 3 heterocycles. The molecule has 1 aliphatic carbocycles. The first-order valence-corrected chi connectivity index (χ1v) is 15.0. The SMILES string of the molecule is CCC(NC(=O)Cc1c(C)c2cc3c4c(oc3c(C)c2oc1=O)CCCC4)C(=O)N[C@@H](Cc1c[nH]c2ccccc12)C(=O)O. The number of H-pyrrole nitrogens is 1. The molecule has 0 saturated carbocycles. The van der Waals surface area contributed by atoms with Gasteiger partial charge in [0, 0.05) is 51.8 Å². The Morgan fingerprint density at radius 3 is 2.48 bits per heavy atom. The molecule has 10 nitrogen and oxygen atoms in total. The lowest BCUT2D eigenvalue weighted by molar-refractivity contribution is -0.142. The van der Waals surface area contributed by atoms with Crippen molar-refractivity contribution >= 4 is 50.6 Å². The smallest absolute Gasteiger partial charge is 0.340 e. The number of carbonyl (C=O) groups excluding carboxylic acids is 2. The molecule has 1 unspecified atom stereocenters. The molecular weight excluding hydrogens is 562 g/mol. The fourth-order valence-electron chi connectivity index (χ4n) is 6.37. The van der Waals surface area contributed by atoms with Crippen LogP contribution >= 0.6 is 0 Å². The molecule has 0 spiro atoms. The topological polar surface area (TPSA) is 155 Å². The maximum Gasteiger partial charge on any atom is 0.340 e. The second-order valence-corrected chi connectivity index (χ2v) is 11.6. The van der Waals surface area contributed by atoms with E-state index in [1.165, 1.54) is 5.56 Å². The van der Waals surface area contributed by atoms with Crippen LogP contribution in [0.5, 0.6) is 0 Å². The first-order chi connectivity index (χ1) is 21.2. The summed E-state index contributed by atoms with van der Waals surface area (Å²) in [6, 6.07) is 7.32. The normalized spacial score (nSPS) is 14.4. The first kappa shape index (κ1) is 29.2. The predicted octanol–water partition coefficient (Wildman–Crippen LogP) is 4.77. The zero-order valence-electron chi connectivity index (χ0n) is 25.0. The minimum atomic E-state index is -1.20. The average Bonchev–Trinajstić information content (AvgIpc) is 3.60. The van der Waals surface area contributed by atoms with Crippen LogP contribution in [0, 0.1) is 13.8 Å². The van der Waals surface area contributed by atoms with Gasteiger partial charge in [-0.3, -0.25) is 9.59 Å². The van der Waals surface area contributed by atoms with Crippen LogP contribution in [0.1, 0.15) is 59.8 Å². The summed E-state index contributed by atoms with van der Waals surface area (Å²) < 4.78 is 11.9. The van der Waals surface area contributed by atoms with Crippen LogP contribution in [0.4, 0.5) is 0 Å². The van der Waals surface area contributed by atoms with Gasteiger partial charge in [-0.1, -0.05) is 25.1 Å². The van der Waals surface area contributed by atoms with Crippen LogP contribution in [0.25, 0.3) is 32.8 Å². The van der Waals surface area contributed by atoms with Crippen molar-refractivity contribution in [1.82, 2.24) is 15.6 Å². The van der Waals surface area contributed by atoms with Gasteiger partial charge in [0.2, 0.25) is 11.8 Å². The molecule has 2 amide bonds. The highest BCUT2D eigenvalue weighted by Crippen LogP contribution is 2.38. The molecule has 0 fully saturated rings. The number of carboxylic acid groups (broad SMARTS) is 1. The van der Waals surface area contributed by atoms with Crippen LogP contribution in [-0.2, 0) is 40.1 Å². The lowest BCUT2D eigenvalue weighted by Crippen LogP contribution is -2.52. The second kappa shape index (κ2) is 11.7. The van der Waals surface area contributed by atoms with Gasteiger partial charge in [0.1, 0.15) is 29.0 Å². The summed E-state index contributed by atoms with van der Waals surface area (Å²) in [5.74, 6) is -1.35. The van der Waals surface area contributed by atoms with Crippen LogP contribution < -0.4 is 16.3 Å². The minimum absolute atomic E-state index is 0.0688. The van der Waals surface area contributed by atoms with Gasteiger partial charge < -0.3 is 29.6 Å². The molecule has 1 aliphatic rings. The van der Waals surface area contributed by atoms with Gasteiger partial charge in [0.15, 0.2) is 0 Å². The highest BCUT2D eigenvalue weighted by molar-refractivity contribution is 6.01. The number of aromatic amines is 1. The second-order valence-electron chi connectivity index (χ2n) is 11.6. The van der Waals surface area contributed by atoms with E-state index in [1.807, 2.05) is 37.3 Å². The van der Waals surface area contributed by atoms with Crippen molar-refractivity contribution < 1.29 is 28.3 Å². The monoisotopic (exact) mass is 597 g/mol.